The first kappa shape index (κ1) is 21.3. The Morgan fingerprint density at radius 1 is 1.10 bits per heavy atom. The zero-order chi connectivity index (χ0) is 21.9. The van der Waals surface area contributed by atoms with Gasteiger partial charge in [0.25, 0.3) is 0 Å². The second kappa shape index (κ2) is 8.52. The standard InChI is InChI=1S/C20H19F3N2O5/c1-28-14-6-7-17(29-2)16(10-14)25-11-12(8-18(25)26)19(27)24-13-4-3-5-15(9-13)30-20(21,22)23/h3-7,9-10,12H,8,11H2,1-2H3,(H,24,27). The maximum atomic E-state index is 12.6. The summed E-state index contributed by atoms with van der Waals surface area (Å²) in [6.45, 7) is 0.0902. The molecule has 7 nitrogen and oxygen atoms in total. The van der Waals surface area contributed by atoms with Crippen molar-refractivity contribution in [2.24, 2.45) is 5.92 Å². The number of ether oxygens (including phenoxy) is 3. The molecule has 2 aromatic carbocycles. The Hall–Kier alpha value is -3.43. The molecule has 3 rings (SSSR count). The van der Waals surface area contributed by atoms with Crippen LogP contribution >= 0.6 is 0 Å². The lowest BCUT2D eigenvalue weighted by Gasteiger charge is -2.20. The fraction of sp³-hybridized carbons (Fsp3) is 0.300. The molecule has 1 aliphatic heterocycles. The number of amides is 2. The van der Waals surface area contributed by atoms with E-state index < -0.39 is 23.9 Å². The third kappa shape index (κ3) is 4.94. The summed E-state index contributed by atoms with van der Waals surface area (Å²) < 4.78 is 51.4. The van der Waals surface area contributed by atoms with Crippen LogP contribution in [0.5, 0.6) is 17.2 Å². The predicted molar refractivity (Wildman–Crippen MR) is 102 cm³/mol. The van der Waals surface area contributed by atoms with E-state index in [2.05, 4.69) is 10.1 Å². The number of nitrogens with one attached hydrogen (secondary N) is 1. The molecule has 1 atom stereocenters. The van der Waals surface area contributed by atoms with Gasteiger partial charge in [0.15, 0.2) is 0 Å². The van der Waals surface area contributed by atoms with Gasteiger partial charge in [0.05, 0.1) is 25.8 Å². The van der Waals surface area contributed by atoms with Crippen LogP contribution in [-0.4, -0.2) is 38.9 Å². The largest absolute Gasteiger partial charge is 0.573 e. The predicted octanol–water partition coefficient (Wildman–Crippen LogP) is 3.59. The van der Waals surface area contributed by atoms with Crippen LogP contribution in [0, 0.1) is 5.92 Å². The quantitative estimate of drug-likeness (QED) is 0.767. The van der Waals surface area contributed by atoms with Gasteiger partial charge < -0.3 is 24.4 Å². The molecule has 160 valence electrons. The number of carbonyl (C=O) groups excluding carboxylic acids is 2. The Kier molecular flexibility index (Phi) is 6.04. The van der Waals surface area contributed by atoms with E-state index >= 15 is 0 Å². The lowest BCUT2D eigenvalue weighted by Crippen LogP contribution is -2.28. The van der Waals surface area contributed by atoms with Gasteiger partial charge in [-0.25, -0.2) is 0 Å². The van der Waals surface area contributed by atoms with Gasteiger partial charge in [0, 0.05) is 30.8 Å². The summed E-state index contributed by atoms with van der Waals surface area (Å²) in [5, 5.41) is 2.53. The average molecular weight is 424 g/mol. The van der Waals surface area contributed by atoms with Crippen molar-refractivity contribution in [1.82, 2.24) is 0 Å². The zero-order valence-corrected chi connectivity index (χ0v) is 16.2. The minimum atomic E-state index is -4.84. The highest BCUT2D eigenvalue weighted by atomic mass is 19.4. The smallest absolute Gasteiger partial charge is 0.497 e. The van der Waals surface area contributed by atoms with Crippen molar-refractivity contribution in [1.29, 1.82) is 0 Å². The van der Waals surface area contributed by atoms with Crippen LogP contribution in [0.1, 0.15) is 6.42 Å². The van der Waals surface area contributed by atoms with Crippen LogP contribution < -0.4 is 24.4 Å². The van der Waals surface area contributed by atoms with Gasteiger partial charge in [-0.05, 0) is 24.3 Å². The number of nitrogens with zero attached hydrogens (tertiary/aromatic N) is 1. The van der Waals surface area contributed by atoms with Crippen molar-refractivity contribution in [3.05, 3.63) is 42.5 Å². The molecule has 1 fully saturated rings. The first-order chi connectivity index (χ1) is 14.2. The van der Waals surface area contributed by atoms with E-state index in [4.69, 9.17) is 9.47 Å². The molecule has 1 unspecified atom stereocenters. The molecular formula is C20H19F3N2O5. The molecule has 0 bridgehead atoms. The number of hydrogen-bond acceptors (Lipinski definition) is 5. The Morgan fingerprint density at radius 2 is 1.87 bits per heavy atom. The third-order valence-electron chi connectivity index (χ3n) is 4.51. The SMILES string of the molecule is COc1ccc(OC)c(N2CC(C(=O)Nc3cccc(OC(F)(F)F)c3)CC2=O)c1. The van der Waals surface area contributed by atoms with Gasteiger partial charge in [0.2, 0.25) is 11.8 Å². The lowest BCUT2D eigenvalue weighted by atomic mass is 10.1. The van der Waals surface area contributed by atoms with E-state index in [-0.39, 0.29) is 24.6 Å². The molecule has 30 heavy (non-hydrogen) atoms. The Morgan fingerprint density at radius 3 is 2.53 bits per heavy atom. The minimum Gasteiger partial charge on any atom is -0.497 e. The van der Waals surface area contributed by atoms with Crippen LogP contribution in [0.15, 0.2) is 42.5 Å². The van der Waals surface area contributed by atoms with E-state index in [0.29, 0.717) is 17.2 Å². The normalized spacial score (nSPS) is 16.4. The molecular weight excluding hydrogens is 405 g/mol. The number of anilines is 2. The molecule has 0 saturated carbocycles. The topological polar surface area (TPSA) is 77.1 Å². The van der Waals surface area contributed by atoms with E-state index in [1.54, 1.807) is 18.2 Å². The van der Waals surface area contributed by atoms with E-state index in [9.17, 15) is 22.8 Å². The molecule has 0 aliphatic carbocycles. The van der Waals surface area contributed by atoms with E-state index in [1.807, 2.05) is 0 Å². The highest BCUT2D eigenvalue weighted by molar-refractivity contribution is 6.04. The van der Waals surface area contributed by atoms with Gasteiger partial charge in [-0.3, -0.25) is 9.59 Å². The molecule has 0 radical (unpaired) electrons. The molecule has 1 aliphatic rings. The van der Waals surface area contributed by atoms with Crippen molar-refractivity contribution < 1.29 is 37.0 Å². The van der Waals surface area contributed by atoms with Gasteiger partial charge in [0.1, 0.15) is 17.2 Å². The summed E-state index contributed by atoms with van der Waals surface area (Å²) >= 11 is 0. The molecule has 1 saturated heterocycles. The Bertz CT molecular complexity index is 948. The Balaban J connectivity index is 1.73. The third-order valence-corrected chi connectivity index (χ3v) is 4.51. The van der Waals surface area contributed by atoms with Gasteiger partial charge in [-0.1, -0.05) is 6.07 Å². The van der Waals surface area contributed by atoms with Gasteiger partial charge in [-0.2, -0.15) is 0 Å². The number of rotatable bonds is 6. The number of benzene rings is 2. The zero-order valence-electron chi connectivity index (χ0n) is 16.2. The maximum Gasteiger partial charge on any atom is 0.573 e. The van der Waals surface area contributed by atoms with Gasteiger partial charge in [-0.15, -0.1) is 13.2 Å². The van der Waals surface area contributed by atoms with E-state index in [0.717, 1.165) is 12.1 Å². The number of carbonyl (C=O) groups is 2. The summed E-state index contributed by atoms with van der Waals surface area (Å²) in [5.41, 5.74) is 0.601. The molecule has 0 spiro atoms. The van der Waals surface area contributed by atoms with Crippen molar-refractivity contribution in [3.63, 3.8) is 0 Å². The summed E-state index contributed by atoms with van der Waals surface area (Å²) in [6, 6.07) is 9.91. The van der Waals surface area contributed by atoms with Crippen molar-refractivity contribution in [2.45, 2.75) is 12.8 Å². The fourth-order valence-electron chi connectivity index (χ4n) is 3.14. The first-order valence-corrected chi connectivity index (χ1v) is 8.89. The average Bonchev–Trinajstić information content (AvgIpc) is 3.08. The highest BCUT2D eigenvalue weighted by Crippen LogP contribution is 2.36. The highest BCUT2D eigenvalue weighted by Gasteiger charge is 2.37. The molecule has 1 N–H and O–H groups in total. The summed E-state index contributed by atoms with van der Waals surface area (Å²) in [7, 11) is 2.95. The summed E-state index contributed by atoms with van der Waals surface area (Å²) in [6.07, 6.45) is -4.89. The minimum absolute atomic E-state index is 0.0507. The summed E-state index contributed by atoms with van der Waals surface area (Å²) in [4.78, 5) is 26.6. The van der Waals surface area contributed by atoms with Crippen LogP contribution in [0.3, 0.4) is 0 Å². The van der Waals surface area contributed by atoms with Crippen LogP contribution in [-0.2, 0) is 9.59 Å². The van der Waals surface area contributed by atoms with Crippen LogP contribution in [0.4, 0.5) is 24.5 Å². The molecule has 0 aromatic heterocycles. The second-order valence-corrected chi connectivity index (χ2v) is 6.51. The van der Waals surface area contributed by atoms with Crippen molar-refractivity contribution in [3.8, 4) is 17.2 Å². The van der Waals surface area contributed by atoms with E-state index in [1.165, 1.54) is 31.3 Å². The maximum absolute atomic E-state index is 12.6. The molecule has 2 amide bonds. The molecule has 2 aromatic rings. The van der Waals surface area contributed by atoms with Crippen molar-refractivity contribution in [2.75, 3.05) is 31.0 Å². The summed E-state index contributed by atoms with van der Waals surface area (Å²) in [5.74, 6) is -0.950. The monoisotopic (exact) mass is 424 g/mol. The van der Waals surface area contributed by atoms with Crippen molar-refractivity contribution >= 4 is 23.2 Å². The number of methoxy groups -OCH3 is 2. The number of alkyl halides is 3. The van der Waals surface area contributed by atoms with Gasteiger partial charge >= 0.3 is 6.36 Å². The second-order valence-electron chi connectivity index (χ2n) is 6.51. The first-order valence-electron chi connectivity index (χ1n) is 8.89. The number of halogens is 3. The molecule has 1 heterocycles. The van der Waals surface area contributed by atoms with Crippen LogP contribution in [0.2, 0.25) is 0 Å². The Labute approximate surface area is 170 Å². The van der Waals surface area contributed by atoms with Crippen LogP contribution in [0.25, 0.3) is 0 Å². The lowest BCUT2D eigenvalue weighted by molar-refractivity contribution is -0.274. The molecule has 10 heteroatoms. The number of hydrogen-bond donors (Lipinski definition) is 1. The fourth-order valence-corrected chi connectivity index (χ4v) is 3.14.